The number of benzene rings is 2. The third-order valence-electron chi connectivity index (χ3n) is 5.42. The Morgan fingerprint density at radius 2 is 1.66 bits per heavy atom. The van der Waals surface area contributed by atoms with Gasteiger partial charge in [-0.05, 0) is 59.5 Å². The molecule has 7 heteroatoms. The van der Waals surface area contributed by atoms with Gasteiger partial charge in [0.15, 0.2) is 9.84 Å². The van der Waals surface area contributed by atoms with E-state index in [0.717, 1.165) is 17.4 Å². The van der Waals surface area contributed by atoms with Gasteiger partial charge in [0.25, 0.3) is 5.91 Å². The first kappa shape index (κ1) is 21.8. The average Bonchev–Trinajstić information content (AvgIpc) is 2.96. The lowest BCUT2D eigenvalue weighted by molar-refractivity contribution is -0.121. The smallest absolute Gasteiger partial charge is 0.259 e. The molecule has 0 radical (unpaired) electrons. The molecule has 0 unspecified atom stereocenters. The Kier molecular flexibility index (Phi) is 5.84. The number of carbonyl (C=O) groups excluding carboxylic acids is 1. The van der Waals surface area contributed by atoms with Gasteiger partial charge in [-0.1, -0.05) is 36.4 Å². The lowest BCUT2D eigenvalue weighted by atomic mass is 9.97. The number of methoxy groups -OCH3 is 1. The summed E-state index contributed by atoms with van der Waals surface area (Å²) < 4.78 is 43.0. The Morgan fingerprint density at radius 3 is 2.28 bits per heavy atom. The maximum Gasteiger partial charge on any atom is 0.259 e. The molecule has 5 nitrogen and oxygen atoms in total. The molecular weight excluding hydrogens is 429 g/mol. The zero-order valence-corrected chi connectivity index (χ0v) is 18.5. The van der Waals surface area contributed by atoms with Crippen LogP contribution in [0.4, 0.5) is 4.39 Å². The van der Waals surface area contributed by atoms with Gasteiger partial charge in [0, 0.05) is 12.0 Å². The minimum atomic E-state index is -3.34. The Morgan fingerprint density at radius 1 is 1.00 bits per heavy atom. The van der Waals surface area contributed by atoms with E-state index in [0.29, 0.717) is 29.0 Å². The zero-order chi connectivity index (χ0) is 22.9. The van der Waals surface area contributed by atoms with Crippen molar-refractivity contribution in [3.63, 3.8) is 0 Å². The predicted octanol–water partition coefficient (Wildman–Crippen LogP) is 4.55. The van der Waals surface area contributed by atoms with Crippen molar-refractivity contribution in [2.24, 2.45) is 0 Å². The SMILES string of the molecule is COc1ccc(C2=C(c3ccc(S(C)(=O)=O)cc3)CN(C3=CCC=CC(F)=C3)C2=O)cc1. The third kappa shape index (κ3) is 4.29. The van der Waals surface area contributed by atoms with Gasteiger partial charge in [-0.2, -0.15) is 0 Å². The molecule has 0 fully saturated rings. The maximum atomic E-state index is 14.1. The van der Waals surface area contributed by atoms with Gasteiger partial charge in [0.2, 0.25) is 0 Å². The molecule has 164 valence electrons. The van der Waals surface area contributed by atoms with Gasteiger partial charge in [-0.3, -0.25) is 4.79 Å². The molecule has 0 bridgehead atoms. The van der Waals surface area contributed by atoms with Crippen LogP contribution in [0.2, 0.25) is 0 Å². The van der Waals surface area contributed by atoms with Crippen LogP contribution in [0.15, 0.2) is 89.3 Å². The summed E-state index contributed by atoms with van der Waals surface area (Å²) in [5.74, 6) is 0.00585. The summed E-state index contributed by atoms with van der Waals surface area (Å²) in [5.41, 5.74) is 3.17. The number of hydrogen-bond acceptors (Lipinski definition) is 4. The fourth-order valence-corrected chi connectivity index (χ4v) is 4.41. The summed E-state index contributed by atoms with van der Waals surface area (Å²) in [5, 5.41) is 0. The zero-order valence-electron chi connectivity index (χ0n) is 17.7. The Hall–Kier alpha value is -3.45. The number of carbonyl (C=O) groups is 1. The summed E-state index contributed by atoms with van der Waals surface area (Å²) in [7, 11) is -1.77. The largest absolute Gasteiger partial charge is 0.497 e. The highest BCUT2D eigenvalue weighted by Crippen LogP contribution is 2.38. The van der Waals surface area contributed by atoms with Crippen molar-refractivity contribution in [1.29, 1.82) is 0 Å². The molecule has 0 saturated heterocycles. The van der Waals surface area contributed by atoms with Crippen molar-refractivity contribution >= 4 is 26.9 Å². The molecule has 0 N–H and O–H groups in total. The molecule has 2 aliphatic rings. The molecule has 32 heavy (non-hydrogen) atoms. The molecule has 2 aromatic carbocycles. The number of amides is 1. The number of allylic oxidation sites excluding steroid dienone is 5. The second-order valence-electron chi connectivity index (χ2n) is 7.57. The van der Waals surface area contributed by atoms with Crippen molar-refractivity contribution in [2.45, 2.75) is 11.3 Å². The average molecular weight is 452 g/mol. The second-order valence-corrected chi connectivity index (χ2v) is 9.58. The number of nitrogens with zero attached hydrogens (tertiary/aromatic N) is 1. The maximum absolute atomic E-state index is 14.1. The van der Waals surface area contributed by atoms with E-state index in [9.17, 15) is 17.6 Å². The highest BCUT2D eigenvalue weighted by molar-refractivity contribution is 7.90. The number of hydrogen-bond donors (Lipinski definition) is 0. The van der Waals surface area contributed by atoms with Crippen LogP contribution in [0, 0.1) is 0 Å². The lowest BCUT2D eigenvalue weighted by Gasteiger charge is -2.18. The van der Waals surface area contributed by atoms with E-state index < -0.39 is 15.7 Å². The van der Waals surface area contributed by atoms with E-state index in [-0.39, 0.29) is 17.3 Å². The number of ether oxygens (including phenoxy) is 1. The van der Waals surface area contributed by atoms with Crippen molar-refractivity contribution in [2.75, 3.05) is 19.9 Å². The van der Waals surface area contributed by atoms with Crippen molar-refractivity contribution < 1.29 is 22.3 Å². The molecule has 2 aromatic rings. The summed E-state index contributed by atoms with van der Waals surface area (Å²) in [6.07, 6.45) is 7.90. The first-order valence-corrected chi connectivity index (χ1v) is 11.9. The minimum Gasteiger partial charge on any atom is -0.497 e. The highest BCUT2D eigenvalue weighted by Gasteiger charge is 2.33. The van der Waals surface area contributed by atoms with E-state index in [1.54, 1.807) is 54.5 Å². The first-order chi connectivity index (χ1) is 15.3. The van der Waals surface area contributed by atoms with Crippen LogP contribution in [0.5, 0.6) is 5.75 Å². The molecule has 1 aliphatic carbocycles. The summed E-state index contributed by atoms with van der Waals surface area (Å²) in [4.78, 5) is 15.3. The van der Waals surface area contributed by atoms with E-state index in [2.05, 4.69) is 0 Å². The van der Waals surface area contributed by atoms with Crippen LogP contribution in [0.1, 0.15) is 17.5 Å². The van der Waals surface area contributed by atoms with Gasteiger partial charge >= 0.3 is 0 Å². The highest BCUT2D eigenvalue weighted by atomic mass is 32.2. The molecule has 0 saturated carbocycles. The normalized spacial score (nSPS) is 16.7. The van der Waals surface area contributed by atoms with Crippen LogP contribution in [0.3, 0.4) is 0 Å². The van der Waals surface area contributed by atoms with Gasteiger partial charge in [0.1, 0.15) is 11.6 Å². The summed E-state index contributed by atoms with van der Waals surface area (Å²) in [6.45, 7) is 0.244. The molecule has 1 aliphatic heterocycles. The fourth-order valence-electron chi connectivity index (χ4n) is 3.78. The van der Waals surface area contributed by atoms with Gasteiger partial charge in [-0.15, -0.1) is 0 Å². The van der Waals surface area contributed by atoms with Crippen molar-refractivity contribution in [3.8, 4) is 5.75 Å². The minimum absolute atomic E-state index is 0.205. The number of halogens is 1. The van der Waals surface area contributed by atoms with Crippen molar-refractivity contribution in [1.82, 2.24) is 4.90 Å². The number of sulfone groups is 1. The van der Waals surface area contributed by atoms with Crippen LogP contribution in [0.25, 0.3) is 11.1 Å². The molecule has 0 aromatic heterocycles. The monoisotopic (exact) mass is 451 g/mol. The molecule has 1 amide bonds. The van der Waals surface area contributed by atoms with Crippen LogP contribution in [-0.2, 0) is 14.6 Å². The second kappa shape index (κ2) is 8.59. The predicted molar refractivity (Wildman–Crippen MR) is 122 cm³/mol. The standard InChI is InChI=1S/C25H22FNO4S/c1-31-21-11-7-18(8-12-21)24-23(17-9-13-22(14-10-17)32(2,29)30)16-27(25(24)28)20-6-4-3-5-19(26)15-20/h3,5-15H,4,16H2,1-2H3. The fraction of sp³-hybridized carbons (Fsp3) is 0.160. The molecule has 0 spiro atoms. The lowest BCUT2D eigenvalue weighted by Crippen LogP contribution is -2.25. The van der Waals surface area contributed by atoms with Crippen LogP contribution >= 0.6 is 0 Å². The van der Waals surface area contributed by atoms with Gasteiger partial charge < -0.3 is 9.64 Å². The van der Waals surface area contributed by atoms with Gasteiger partial charge in [0.05, 0.1) is 24.1 Å². The number of rotatable bonds is 5. The van der Waals surface area contributed by atoms with Crippen molar-refractivity contribution in [3.05, 3.63) is 95.5 Å². The Balaban J connectivity index is 1.81. The summed E-state index contributed by atoms with van der Waals surface area (Å²) in [6, 6.07) is 13.6. The molecule has 4 rings (SSSR count). The third-order valence-corrected chi connectivity index (χ3v) is 6.55. The van der Waals surface area contributed by atoms with Crippen LogP contribution in [-0.4, -0.2) is 39.1 Å². The molecular formula is C25H22FNO4S. The van der Waals surface area contributed by atoms with Gasteiger partial charge in [-0.25, -0.2) is 12.8 Å². The van der Waals surface area contributed by atoms with E-state index in [4.69, 9.17) is 4.74 Å². The Bertz CT molecular complexity index is 1280. The topological polar surface area (TPSA) is 63.7 Å². The van der Waals surface area contributed by atoms with E-state index in [1.807, 2.05) is 6.08 Å². The summed E-state index contributed by atoms with van der Waals surface area (Å²) >= 11 is 0. The molecule has 0 atom stereocenters. The van der Waals surface area contributed by atoms with E-state index in [1.165, 1.54) is 24.3 Å². The molecule has 1 heterocycles. The van der Waals surface area contributed by atoms with E-state index >= 15 is 0 Å². The Labute approximate surface area is 186 Å². The quantitative estimate of drug-likeness (QED) is 0.669. The van der Waals surface area contributed by atoms with Crippen LogP contribution < -0.4 is 4.74 Å². The first-order valence-electron chi connectivity index (χ1n) is 10.0.